The van der Waals surface area contributed by atoms with Crippen molar-refractivity contribution in [1.29, 1.82) is 0 Å². The van der Waals surface area contributed by atoms with E-state index in [0.29, 0.717) is 6.42 Å². The largest absolute Gasteiger partial charge is 0.394 e. The lowest BCUT2D eigenvalue weighted by Crippen LogP contribution is -2.71. The molecule has 17 heavy (non-hydrogen) atoms. The summed E-state index contributed by atoms with van der Waals surface area (Å²) in [5.74, 6) is -3.03. The van der Waals surface area contributed by atoms with Crippen LogP contribution in [0.2, 0.25) is 0 Å². The Bertz CT molecular complexity index is 284. The highest BCUT2D eigenvalue weighted by atomic mass is 16.7. The zero-order valence-corrected chi connectivity index (χ0v) is 9.61. The van der Waals surface area contributed by atoms with Crippen LogP contribution in [-0.2, 0) is 9.53 Å². The molecular formula is C10H19NO6. The molecule has 1 fully saturated rings. The van der Waals surface area contributed by atoms with Gasteiger partial charge in [0.2, 0.25) is 5.79 Å². The molecule has 0 radical (unpaired) electrons. The van der Waals surface area contributed by atoms with Crippen molar-refractivity contribution in [1.82, 2.24) is 0 Å². The molecule has 5 atom stereocenters. The molecule has 0 aromatic rings. The summed E-state index contributed by atoms with van der Waals surface area (Å²) in [6, 6.07) is -1.45. The molecule has 0 amide bonds. The van der Waals surface area contributed by atoms with E-state index in [4.69, 9.17) is 15.6 Å². The predicted molar refractivity (Wildman–Crippen MR) is 56.8 cm³/mol. The van der Waals surface area contributed by atoms with E-state index >= 15 is 0 Å². The van der Waals surface area contributed by atoms with E-state index in [-0.39, 0.29) is 6.42 Å². The van der Waals surface area contributed by atoms with Gasteiger partial charge in [0.05, 0.1) is 12.6 Å². The number of ketones is 1. The molecule has 0 aromatic carbocycles. The van der Waals surface area contributed by atoms with Crippen molar-refractivity contribution >= 4 is 5.78 Å². The summed E-state index contributed by atoms with van der Waals surface area (Å²) in [7, 11) is 0. The zero-order chi connectivity index (χ0) is 13.2. The zero-order valence-electron chi connectivity index (χ0n) is 9.61. The number of nitrogens with two attached hydrogens (primary N) is 1. The molecule has 1 heterocycles. The van der Waals surface area contributed by atoms with Crippen molar-refractivity contribution < 1.29 is 30.0 Å². The minimum atomic E-state index is -2.36. The minimum Gasteiger partial charge on any atom is -0.394 e. The maximum absolute atomic E-state index is 11.7. The fourth-order valence-corrected chi connectivity index (χ4v) is 1.85. The number of Topliss-reactive ketones (excluding diaryl/α,β-unsaturated/α-hetero) is 1. The van der Waals surface area contributed by atoms with Crippen molar-refractivity contribution in [3.8, 4) is 0 Å². The number of aliphatic hydroxyl groups is 4. The monoisotopic (exact) mass is 249 g/mol. The van der Waals surface area contributed by atoms with Crippen molar-refractivity contribution in [2.45, 2.75) is 49.9 Å². The van der Waals surface area contributed by atoms with E-state index in [1.54, 1.807) is 6.92 Å². The molecule has 1 unspecified atom stereocenters. The standard InChI is InChI=1S/C10H19NO6/c1-2-3-6(13)10(16)9(11)8(15)7(14)5(4-12)17-10/h5,7-9,12,14-16H,2-4,11H2,1H3/t5-,7-,8+,9+,10?/m1/s1. The first-order chi connectivity index (χ1) is 7.88. The SMILES string of the molecule is CCCC(=O)C1(O)O[C@H](CO)[C@@H](O)[C@H](O)[C@@H]1N. The highest BCUT2D eigenvalue weighted by molar-refractivity contribution is 5.86. The van der Waals surface area contributed by atoms with Gasteiger partial charge < -0.3 is 30.9 Å². The Morgan fingerprint density at radius 1 is 1.41 bits per heavy atom. The Balaban J connectivity index is 2.94. The van der Waals surface area contributed by atoms with Gasteiger partial charge in [-0.3, -0.25) is 4.79 Å². The molecule has 0 saturated carbocycles. The fraction of sp³-hybridized carbons (Fsp3) is 0.900. The Labute approximate surface area is 98.8 Å². The van der Waals surface area contributed by atoms with E-state index in [1.807, 2.05) is 0 Å². The summed E-state index contributed by atoms with van der Waals surface area (Å²) in [5.41, 5.74) is 5.51. The molecule has 1 aliphatic rings. The van der Waals surface area contributed by atoms with Crippen molar-refractivity contribution in [2.75, 3.05) is 6.61 Å². The van der Waals surface area contributed by atoms with Gasteiger partial charge in [0, 0.05) is 6.42 Å². The average Bonchev–Trinajstić information content (AvgIpc) is 2.31. The Morgan fingerprint density at radius 3 is 2.47 bits per heavy atom. The molecule has 0 spiro atoms. The van der Waals surface area contributed by atoms with Gasteiger partial charge in [-0.05, 0) is 6.42 Å². The highest BCUT2D eigenvalue weighted by Gasteiger charge is 2.55. The lowest BCUT2D eigenvalue weighted by atomic mass is 9.87. The maximum atomic E-state index is 11.7. The summed E-state index contributed by atoms with van der Waals surface area (Å²) in [4.78, 5) is 11.7. The van der Waals surface area contributed by atoms with Crippen molar-refractivity contribution in [3.63, 3.8) is 0 Å². The van der Waals surface area contributed by atoms with Crippen LogP contribution >= 0.6 is 0 Å². The van der Waals surface area contributed by atoms with Gasteiger partial charge >= 0.3 is 0 Å². The van der Waals surface area contributed by atoms with Crippen LogP contribution < -0.4 is 5.73 Å². The second kappa shape index (κ2) is 5.38. The number of hydrogen-bond acceptors (Lipinski definition) is 7. The average molecular weight is 249 g/mol. The number of hydrogen-bond donors (Lipinski definition) is 5. The lowest BCUT2D eigenvalue weighted by molar-refractivity contribution is -0.297. The van der Waals surface area contributed by atoms with Gasteiger partial charge in [-0.1, -0.05) is 6.92 Å². The lowest BCUT2D eigenvalue weighted by Gasteiger charge is -2.45. The topological polar surface area (TPSA) is 133 Å². The summed E-state index contributed by atoms with van der Waals surface area (Å²) in [6.07, 6.45) is -3.70. The molecule has 1 aliphatic heterocycles. The molecule has 0 aromatic heterocycles. The molecule has 7 heteroatoms. The molecule has 1 rings (SSSR count). The highest BCUT2D eigenvalue weighted by Crippen LogP contribution is 2.28. The molecule has 1 saturated heterocycles. The van der Waals surface area contributed by atoms with E-state index in [2.05, 4.69) is 0 Å². The second-order valence-electron chi connectivity index (χ2n) is 4.22. The van der Waals surface area contributed by atoms with Crippen LogP contribution in [0.15, 0.2) is 0 Å². The van der Waals surface area contributed by atoms with Crippen molar-refractivity contribution in [2.24, 2.45) is 5.73 Å². The molecule has 7 nitrogen and oxygen atoms in total. The smallest absolute Gasteiger partial charge is 0.245 e. The molecule has 6 N–H and O–H groups in total. The van der Waals surface area contributed by atoms with Crippen LogP contribution in [0.25, 0.3) is 0 Å². The number of ether oxygens (including phenoxy) is 1. The van der Waals surface area contributed by atoms with Crippen LogP contribution in [0.3, 0.4) is 0 Å². The number of carbonyl (C=O) groups is 1. The first kappa shape index (κ1) is 14.5. The summed E-state index contributed by atoms with van der Waals surface area (Å²) < 4.78 is 4.95. The van der Waals surface area contributed by atoms with Gasteiger partial charge in [0.1, 0.15) is 18.3 Å². The Kier molecular flexibility index (Phi) is 4.59. The number of carbonyl (C=O) groups excluding carboxylic acids is 1. The van der Waals surface area contributed by atoms with Crippen LogP contribution in [0, 0.1) is 0 Å². The summed E-state index contributed by atoms with van der Waals surface area (Å²) >= 11 is 0. The number of rotatable bonds is 4. The normalized spacial score (nSPS) is 42.5. The third-order valence-corrected chi connectivity index (χ3v) is 2.94. The Morgan fingerprint density at radius 2 is 2.00 bits per heavy atom. The van der Waals surface area contributed by atoms with E-state index in [1.165, 1.54) is 0 Å². The molecule has 0 aliphatic carbocycles. The van der Waals surface area contributed by atoms with Gasteiger partial charge in [-0.2, -0.15) is 0 Å². The third kappa shape index (κ3) is 2.49. The van der Waals surface area contributed by atoms with Crippen LogP contribution in [0.1, 0.15) is 19.8 Å². The van der Waals surface area contributed by atoms with Crippen LogP contribution in [0.4, 0.5) is 0 Å². The molecular weight excluding hydrogens is 230 g/mol. The van der Waals surface area contributed by atoms with E-state index in [0.717, 1.165) is 0 Å². The van der Waals surface area contributed by atoms with Crippen LogP contribution in [0.5, 0.6) is 0 Å². The molecule has 100 valence electrons. The first-order valence-corrected chi connectivity index (χ1v) is 5.54. The Hall–Kier alpha value is -0.570. The van der Waals surface area contributed by atoms with Gasteiger partial charge in [-0.25, -0.2) is 0 Å². The van der Waals surface area contributed by atoms with Gasteiger partial charge in [0.25, 0.3) is 0 Å². The van der Waals surface area contributed by atoms with E-state index in [9.17, 15) is 20.1 Å². The summed E-state index contributed by atoms with van der Waals surface area (Å²) in [6.45, 7) is 1.11. The molecule has 0 bridgehead atoms. The quantitative estimate of drug-likeness (QED) is 0.371. The van der Waals surface area contributed by atoms with E-state index < -0.39 is 42.5 Å². The van der Waals surface area contributed by atoms with Gasteiger partial charge in [0.15, 0.2) is 5.78 Å². The minimum absolute atomic E-state index is 0.0329. The van der Waals surface area contributed by atoms with Crippen LogP contribution in [-0.4, -0.2) is 63.0 Å². The van der Waals surface area contributed by atoms with Crippen molar-refractivity contribution in [3.05, 3.63) is 0 Å². The third-order valence-electron chi connectivity index (χ3n) is 2.94. The second-order valence-corrected chi connectivity index (χ2v) is 4.22. The first-order valence-electron chi connectivity index (χ1n) is 5.54. The van der Waals surface area contributed by atoms with Gasteiger partial charge in [-0.15, -0.1) is 0 Å². The summed E-state index contributed by atoms with van der Waals surface area (Å²) in [5, 5.41) is 38.1. The maximum Gasteiger partial charge on any atom is 0.245 e. The fourth-order valence-electron chi connectivity index (χ4n) is 1.85. The number of aliphatic hydroxyl groups excluding tert-OH is 3. The predicted octanol–water partition coefficient (Wildman–Crippen LogP) is -2.52.